The number of ether oxygens (including phenoxy) is 1. The van der Waals surface area contributed by atoms with E-state index in [4.69, 9.17) is 4.74 Å². The van der Waals surface area contributed by atoms with Crippen LogP contribution in [0.3, 0.4) is 0 Å². The predicted octanol–water partition coefficient (Wildman–Crippen LogP) is 4.69. The number of rotatable bonds is 8. The van der Waals surface area contributed by atoms with Crippen molar-refractivity contribution in [2.75, 3.05) is 6.61 Å². The first-order chi connectivity index (χ1) is 13.1. The standard InChI is InChI=1S/C24H33NO3/c1-23(2,3)19-12-14-21(15-13-19)28-16-6-7-22(26)25-17-18-8-10-20(11-9-18)24(4,5)27/h8-15,27H,6-7,16-17H2,1-5H3,(H,25,26). The van der Waals surface area contributed by atoms with Gasteiger partial charge in [0, 0.05) is 13.0 Å². The molecular formula is C24H33NO3. The van der Waals surface area contributed by atoms with Gasteiger partial charge in [-0.2, -0.15) is 0 Å². The van der Waals surface area contributed by atoms with Gasteiger partial charge in [0.05, 0.1) is 12.2 Å². The lowest BCUT2D eigenvalue weighted by molar-refractivity contribution is -0.121. The van der Waals surface area contributed by atoms with Crippen LogP contribution in [0, 0.1) is 0 Å². The maximum Gasteiger partial charge on any atom is 0.220 e. The van der Waals surface area contributed by atoms with Crippen LogP contribution in [0.2, 0.25) is 0 Å². The number of carbonyl (C=O) groups excluding carboxylic acids is 1. The topological polar surface area (TPSA) is 58.6 Å². The molecule has 4 heteroatoms. The first kappa shape index (κ1) is 22.0. The first-order valence-corrected chi connectivity index (χ1v) is 9.87. The molecule has 0 atom stereocenters. The molecule has 0 radical (unpaired) electrons. The van der Waals surface area contributed by atoms with E-state index in [0.717, 1.165) is 16.9 Å². The Kier molecular flexibility index (Phi) is 7.25. The Bertz CT molecular complexity index is 750. The fourth-order valence-corrected chi connectivity index (χ4v) is 2.79. The van der Waals surface area contributed by atoms with E-state index in [9.17, 15) is 9.90 Å². The van der Waals surface area contributed by atoms with Gasteiger partial charge in [-0.05, 0) is 54.5 Å². The van der Waals surface area contributed by atoms with Gasteiger partial charge in [-0.3, -0.25) is 4.79 Å². The SMILES string of the molecule is CC(C)(C)c1ccc(OCCCC(=O)NCc2ccc(C(C)(C)O)cc2)cc1. The lowest BCUT2D eigenvalue weighted by Crippen LogP contribution is -2.23. The molecule has 2 aromatic rings. The third-order valence-electron chi connectivity index (χ3n) is 4.69. The summed E-state index contributed by atoms with van der Waals surface area (Å²) in [5.74, 6) is 0.846. The van der Waals surface area contributed by atoms with Crippen molar-refractivity contribution in [3.8, 4) is 5.75 Å². The average molecular weight is 384 g/mol. The Morgan fingerprint density at radius 2 is 1.50 bits per heavy atom. The van der Waals surface area contributed by atoms with Crippen molar-refractivity contribution >= 4 is 5.91 Å². The van der Waals surface area contributed by atoms with Crippen LogP contribution in [0.4, 0.5) is 0 Å². The van der Waals surface area contributed by atoms with Crippen LogP contribution < -0.4 is 10.1 Å². The zero-order valence-corrected chi connectivity index (χ0v) is 17.7. The molecule has 28 heavy (non-hydrogen) atoms. The van der Waals surface area contributed by atoms with E-state index in [1.54, 1.807) is 13.8 Å². The highest BCUT2D eigenvalue weighted by atomic mass is 16.5. The minimum absolute atomic E-state index is 0.0123. The normalized spacial score (nSPS) is 11.9. The highest BCUT2D eigenvalue weighted by Crippen LogP contribution is 2.24. The molecule has 0 bridgehead atoms. The smallest absolute Gasteiger partial charge is 0.220 e. The predicted molar refractivity (Wildman–Crippen MR) is 113 cm³/mol. The molecule has 1 amide bonds. The molecule has 2 aromatic carbocycles. The maximum atomic E-state index is 12.0. The zero-order valence-electron chi connectivity index (χ0n) is 17.7. The number of nitrogens with one attached hydrogen (secondary N) is 1. The largest absolute Gasteiger partial charge is 0.494 e. The van der Waals surface area contributed by atoms with E-state index in [1.807, 2.05) is 36.4 Å². The minimum atomic E-state index is -0.852. The highest BCUT2D eigenvalue weighted by molar-refractivity contribution is 5.75. The van der Waals surface area contributed by atoms with Crippen molar-refractivity contribution in [3.63, 3.8) is 0 Å². The van der Waals surface area contributed by atoms with Crippen molar-refractivity contribution < 1.29 is 14.6 Å². The van der Waals surface area contributed by atoms with Gasteiger partial charge < -0.3 is 15.2 Å². The van der Waals surface area contributed by atoms with E-state index in [0.29, 0.717) is 26.0 Å². The van der Waals surface area contributed by atoms with Gasteiger partial charge in [-0.25, -0.2) is 0 Å². The van der Waals surface area contributed by atoms with Crippen LogP contribution in [0.25, 0.3) is 0 Å². The van der Waals surface area contributed by atoms with Crippen molar-refractivity contribution in [1.82, 2.24) is 5.32 Å². The van der Waals surface area contributed by atoms with Gasteiger partial charge in [-0.1, -0.05) is 57.2 Å². The monoisotopic (exact) mass is 383 g/mol. The summed E-state index contributed by atoms with van der Waals surface area (Å²) < 4.78 is 5.73. The number of carbonyl (C=O) groups is 1. The number of hydrogen-bond acceptors (Lipinski definition) is 3. The van der Waals surface area contributed by atoms with E-state index in [1.165, 1.54) is 5.56 Å². The molecule has 0 aliphatic rings. The van der Waals surface area contributed by atoms with Gasteiger partial charge in [0.15, 0.2) is 0 Å². The number of benzene rings is 2. The molecule has 2 N–H and O–H groups in total. The summed E-state index contributed by atoms with van der Waals surface area (Å²) in [7, 11) is 0. The second kappa shape index (κ2) is 9.24. The average Bonchev–Trinajstić information content (AvgIpc) is 2.63. The van der Waals surface area contributed by atoms with Crippen molar-refractivity contribution in [2.45, 2.75) is 65.0 Å². The van der Waals surface area contributed by atoms with Crippen LogP contribution in [-0.4, -0.2) is 17.6 Å². The molecule has 0 unspecified atom stereocenters. The molecule has 0 fully saturated rings. The first-order valence-electron chi connectivity index (χ1n) is 9.87. The Labute approximate surface area is 168 Å². The molecule has 0 saturated heterocycles. The third kappa shape index (κ3) is 7.01. The molecule has 152 valence electrons. The van der Waals surface area contributed by atoms with Gasteiger partial charge in [-0.15, -0.1) is 0 Å². The van der Waals surface area contributed by atoms with Crippen LogP contribution in [0.1, 0.15) is 64.2 Å². The third-order valence-corrected chi connectivity index (χ3v) is 4.69. The quantitative estimate of drug-likeness (QED) is 0.650. The van der Waals surface area contributed by atoms with Crippen LogP contribution in [0.5, 0.6) is 5.75 Å². The molecule has 0 aliphatic carbocycles. The highest BCUT2D eigenvalue weighted by Gasteiger charge is 2.15. The summed E-state index contributed by atoms with van der Waals surface area (Å²) in [6.07, 6.45) is 1.10. The maximum absolute atomic E-state index is 12.0. The zero-order chi connectivity index (χ0) is 20.8. The van der Waals surface area contributed by atoms with Crippen LogP contribution in [0.15, 0.2) is 48.5 Å². The summed E-state index contributed by atoms with van der Waals surface area (Å²) in [5, 5.41) is 12.9. The van der Waals surface area contributed by atoms with Crippen molar-refractivity contribution in [2.24, 2.45) is 0 Å². The Balaban J connectivity index is 1.67. The van der Waals surface area contributed by atoms with E-state index >= 15 is 0 Å². The van der Waals surface area contributed by atoms with Crippen LogP contribution in [-0.2, 0) is 22.4 Å². The number of aliphatic hydroxyl groups is 1. The second-order valence-electron chi connectivity index (χ2n) is 8.76. The van der Waals surface area contributed by atoms with E-state index in [2.05, 4.69) is 38.2 Å². The van der Waals surface area contributed by atoms with Gasteiger partial charge in [0.25, 0.3) is 0 Å². The van der Waals surface area contributed by atoms with E-state index < -0.39 is 5.60 Å². The summed E-state index contributed by atoms with van der Waals surface area (Å²) in [4.78, 5) is 12.0. The molecule has 0 heterocycles. The summed E-state index contributed by atoms with van der Waals surface area (Å²) >= 11 is 0. The fourth-order valence-electron chi connectivity index (χ4n) is 2.79. The van der Waals surface area contributed by atoms with Crippen molar-refractivity contribution in [3.05, 3.63) is 65.2 Å². The Morgan fingerprint density at radius 1 is 0.929 bits per heavy atom. The van der Waals surface area contributed by atoms with Gasteiger partial charge in [0.1, 0.15) is 5.75 Å². The second-order valence-corrected chi connectivity index (χ2v) is 8.76. The minimum Gasteiger partial charge on any atom is -0.494 e. The number of amides is 1. The summed E-state index contributed by atoms with van der Waals surface area (Å²) in [6.45, 7) is 11.1. The van der Waals surface area contributed by atoms with Gasteiger partial charge >= 0.3 is 0 Å². The lowest BCUT2D eigenvalue weighted by atomic mass is 9.87. The van der Waals surface area contributed by atoms with Crippen LogP contribution >= 0.6 is 0 Å². The Morgan fingerprint density at radius 3 is 2.04 bits per heavy atom. The van der Waals surface area contributed by atoms with E-state index in [-0.39, 0.29) is 11.3 Å². The fraction of sp³-hybridized carbons (Fsp3) is 0.458. The Hall–Kier alpha value is -2.33. The van der Waals surface area contributed by atoms with Crippen molar-refractivity contribution in [1.29, 1.82) is 0 Å². The molecular weight excluding hydrogens is 350 g/mol. The molecule has 2 rings (SSSR count). The molecule has 0 aliphatic heterocycles. The van der Waals surface area contributed by atoms with Gasteiger partial charge in [0.2, 0.25) is 5.91 Å². The molecule has 0 aromatic heterocycles. The number of hydrogen-bond donors (Lipinski definition) is 2. The molecule has 0 spiro atoms. The lowest BCUT2D eigenvalue weighted by Gasteiger charge is -2.19. The molecule has 4 nitrogen and oxygen atoms in total. The summed E-state index contributed by atoms with van der Waals surface area (Å²) in [5.41, 5.74) is 2.42. The molecule has 0 saturated carbocycles. The summed E-state index contributed by atoms with van der Waals surface area (Å²) in [6, 6.07) is 15.8.